The molecular weight excluding hydrogens is 292 g/mol. The number of nitrogens with one attached hydrogen (secondary N) is 1. The number of hydrogen-bond donors (Lipinski definition) is 1. The van der Waals surface area contributed by atoms with Gasteiger partial charge in [0.25, 0.3) is 0 Å². The van der Waals surface area contributed by atoms with E-state index in [1.807, 2.05) is 0 Å². The van der Waals surface area contributed by atoms with Crippen molar-refractivity contribution < 1.29 is 0 Å². The Kier molecular flexibility index (Phi) is 5.02. The minimum absolute atomic E-state index is 0.491. The van der Waals surface area contributed by atoms with Gasteiger partial charge in [0.15, 0.2) is 0 Å². The molecular formula is C22H26N2. The van der Waals surface area contributed by atoms with E-state index in [-0.39, 0.29) is 0 Å². The maximum atomic E-state index is 10.2. The molecule has 0 amide bonds. The number of hydrogen-bond acceptors (Lipinski definition) is 2. The summed E-state index contributed by atoms with van der Waals surface area (Å²) in [6, 6.07) is 20.0. The van der Waals surface area contributed by atoms with Crippen molar-refractivity contribution in [3.63, 3.8) is 0 Å². The van der Waals surface area contributed by atoms with Gasteiger partial charge < -0.3 is 5.32 Å². The average Bonchev–Trinajstić information content (AvgIpc) is 2.91. The van der Waals surface area contributed by atoms with Gasteiger partial charge in [0.05, 0.1) is 6.07 Å². The van der Waals surface area contributed by atoms with Gasteiger partial charge in [-0.15, -0.1) is 0 Å². The summed E-state index contributed by atoms with van der Waals surface area (Å²) in [6.45, 7) is 5.37. The summed E-state index contributed by atoms with van der Waals surface area (Å²) >= 11 is 0. The van der Waals surface area contributed by atoms with E-state index in [4.69, 9.17) is 0 Å². The van der Waals surface area contributed by atoms with Crippen LogP contribution in [0.1, 0.15) is 50.7 Å². The zero-order valence-corrected chi connectivity index (χ0v) is 14.7. The van der Waals surface area contributed by atoms with Gasteiger partial charge in [-0.25, -0.2) is 0 Å². The molecule has 1 atom stereocenters. The van der Waals surface area contributed by atoms with Crippen LogP contribution in [0.4, 0.5) is 0 Å². The first-order chi connectivity index (χ1) is 11.8. The van der Waals surface area contributed by atoms with Gasteiger partial charge >= 0.3 is 0 Å². The minimum atomic E-state index is -0.505. The van der Waals surface area contributed by atoms with Crippen LogP contribution in [-0.2, 0) is 5.41 Å². The van der Waals surface area contributed by atoms with Crippen molar-refractivity contribution >= 4 is 0 Å². The van der Waals surface area contributed by atoms with Crippen molar-refractivity contribution in [2.45, 2.75) is 51.0 Å². The molecule has 0 aromatic heterocycles. The van der Waals surface area contributed by atoms with Crippen molar-refractivity contribution in [3.05, 3.63) is 59.7 Å². The molecule has 0 fully saturated rings. The van der Waals surface area contributed by atoms with E-state index in [1.165, 1.54) is 35.1 Å². The maximum Gasteiger partial charge on any atom is 0.108 e. The second-order valence-electron chi connectivity index (χ2n) is 6.69. The van der Waals surface area contributed by atoms with Crippen LogP contribution < -0.4 is 5.32 Å². The summed E-state index contributed by atoms with van der Waals surface area (Å²) in [5.41, 5.74) is 4.31. The van der Waals surface area contributed by atoms with Crippen molar-refractivity contribution in [3.8, 4) is 17.2 Å². The molecule has 0 aliphatic heterocycles. The van der Waals surface area contributed by atoms with E-state index in [0.717, 1.165) is 19.4 Å². The summed E-state index contributed by atoms with van der Waals surface area (Å²) in [5.74, 6) is 0. The van der Waals surface area contributed by atoms with E-state index in [1.54, 1.807) is 0 Å². The van der Waals surface area contributed by atoms with E-state index >= 15 is 0 Å². The Hall–Kier alpha value is -2.11. The van der Waals surface area contributed by atoms with Crippen LogP contribution in [0.25, 0.3) is 11.1 Å². The molecule has 24 heavy (non-hydrogen) atoms. The Labute approximate surface area is 145 Å². The van der Waals surface area contributed by atoms with Gasteiger partial charge in [-0.2, -0.15) is 5.26 Å². The summed E-state index contributed by atoms with van der Waals surface area (Å²) < 4.78 is 0. The van der Waals surface area contributed by atoms with Gasteiger partial charge in [-0.05, 0) is 48.1 Å². The van der Waals surface area contributed by atoms with Gasteiger partial charge in [0.2, 0.25) is 0 Å². The molecule has 124 valence electrons. The van der Waals surface area contributed by atoms with Gasteiger partial charge in [0.1, 0.15) is 5.41 Å². The molecule has 0 spiro atoms. The Morgan fingerprint density at radius 1 is 0.958 bits per heavy atom. The van der Waals surface area contributed by atoms with Crippen LogP contribution in [0.2, 0.25) is 0 Å². The molecule has 1 aliphatic carbocycles. The third-order valence-electron chi connectivity index (χ3n) is 5.25. The van der Waals surface area contributed by atoms with Crippen LogP contribution in [0, 0.1) is 11.3 Å². The van der Waals surface area contributed by atoms with E-state index in [2.05, 4.69) is 73.8 Å². The monoisotopic (exact) mass is 318 g/mol. The molecule has 1 N–H and O–H groups in total. The smallest absolute Gasteiger partial charge is 0.108 e. The first-order valence-electron chi connectivity index (χ1n) is 9.10. The summed E-state index contributed by atoms with van der Waals surface area (Å²) in [4.78, 5) is 0. The molecule has 2 aromatic carbocycles. The molecule has 1 unspecified atom stereocenters. The van der Waals surface area contributed by atoms with Crippen LogP contribution in [0.5, 0.6) is 0 Å². The first kappa shape index (κ1) is 16.7. The van der Waals surface area contributed by atoms with Crippen molar-refractivity contribution in [1.82, 2.24) is 5.32 Å². The van der Waals surface area contributed by atoms with Crippen LogP contribution in [-0.4, -0.2) is 12.6 Å². The highest BCUT2D eigenvalue weighted by Crippen LogP contribution is 2.50. The number of nitriles is 1. The SMILES string of the molecule is CCCC(CCC1(C#N)c2ccccc2-c2ccccc21)NCC. The Bertz CT molecular complexity index is 690. The lowest BCUT2D eigenvalue weighted by Crippen LogP contribution is -2.32. The third kappa shape index (κ3) is 2.74. The Morgan fingerprint density at radius 3 is 2.04 bits per heavy atom. The summed E-state index contributed by atoms with van der Waals surface area (Å²) in [7, 11) is 0. The van der Waals surface area contributed by atoms with E-state index < -0.39 is 5.41 Å². The second kappa shape index (κ2) is 7.20. The normalized spacial score (nSPS) is 15.4. The van der Waals surface area contributed by atoms with Crippen LogP contribution >= 0.6 is 0 Å². The lowest BCUT2D eigenvalue weighted by Gasteiger charge is -2.27. The van der Waals surface area contributed by atoms with E-state index in [0.29, 0.717) is 6.04 Å². The van der Waals surface area contributed by atoms with Crippen LogP contribution in [0.3, 0.4) is 0 Å². The molecule has 1 aliphatic rings. The van der Waals surface area contributed by atoms with Crippen LogP contribution in [0.15, 0.2) is 48.5 Å². The van der Waals surface area contributed by atoms with Gasteiger partial charge in [-0.1, -0.05) is 68.8 Å². The zero-order valence-electron chi connectivity index (χ0n) is 14.7. The minimum Gasteiger partial charge on any atom is -0.314 e. The van der Waals surface area contributed by atoms with Gasteiger partial charge in [0, 0.05) is 6.04 Å². The highest BCUT2D eigenvalue weighted by atomic mass is 14.9. The fraction of sp³-hybridized carbons (Fsp3) is 0.409. The Balaban J connectivity index is 1.98. The maximum absolute atomic E-state index is 10.2. The lowest BCUT2D eigenvalue weighted by molar-refractivity contribution is 0.419. The van der Waals surface area contributed by atoms with Crippen molar-refractivity contribution in [1.29, 1.82) is 5.26 Å². The molecule has 0 saturated heterocycles. The number of nitrogens with zero attached hydrogens (tertiary/aromatic N) is 1. The standard InChI is InChI=1S/C22H26N2/c1-3-9-17(24-4-2)14-15-22(16-23)20-12-7-5-10-18(20)19-11-6-8-13-21(19)22/h5-8,10-13,17,24H,3-4,9,14-15H2,1-2H3. The molecule has 0 saturated carbocycles. The predicted octanol–water partition coefficient (Wildman–Crippen LogP) is 5.04. The number of fused-ring (bicyclic) bond motifs is 3. The predicted molar refractivity (Wildman–Crippen MR) is 99.9 cm³/mol. The van der Waals surface area contributed by atoms with E-state index in [9.17, 15) is 5.26 Å². The first-order valence-corrected chi connectivity index (χ1v) is 9.10. The quantitative estimate of drug-likeness (QED) is 0.776. The third-order valence-corrected chi connectivity index (χ3v) is 5.25. The molecule has 0 radical (unpaired) electrons. The number of rotatable bonds is 7. The fourth-order valence-electron chi connectivity index (χ4n) is 4.15. The molecule has 2 aromatic rings. The molecule has 3 rings (SSSR count). The molecule has 2 heteroatoms. The molecule has 0 heterocycles. The van der Waals surface area contributed by atoms with Gasteiger partial charge in [-0.3, -0.25) is 0 Å². The highest BCUT2D eigenvalue weighted by molar-refractivity contribution is 5.82. The molecule has 0 bridgehead atoms. The zero-order chi connectivity index (χ0) is 17.0. The largest absolute Gasteiger partial charge is 0.314 e. The lowest BCUT2D eigenvalue weighted by atomic mass is 9.75. The van der Waals surface area contributed by atoms with Crippen molar-refractivity contribution in [2.24, 2.45) is 0 Å². The topological polar surface area (TPSA) is 35.8 Å². The fourth-order valence-corrected chi connectivity index (χ4v) is 4.15. The highest BCUT2D eigenvalue weighted by Gasteiger charge is 2.43. The Morgan fingerprint density at radius 2 is 1.54 bits per heavy atom. The summed E-state index contributed by atoms with van der Waals surface area (Å²) in [5, 5.41) is 13.8. The second-order valence-corrected chi connectivity index (χ2v) is 6.69. The average molecular weight is 318 g/mol. The summed E-state index contributed by atoms with van der Waals surface area (Å²) in [6.07, 6.45) is 4.23. The number of benzene rings is 2. The molecule has 2 nitrogen and oxygen atoms in total. The van der Waals surface area contributed by atoms with Crippen molar-refractivity contribution in [2.75, 3.05) is 6.54 Å².